The van der Waals surface area contributed by atoms with E-state index in [1.165, 1.54) is 4.70 Å². The zero-order valence-corrected chi connectivity index (χ0v) is 15.9. The summed E-state index contributed by atoms with van der Waals surface area (Å²) in [5, 5.41) is 6.58. The summed E-state index contributed by atoms with van der Waals surface area (Å²) < 4.78 is 1.20. The lowest BCUT2D eigenvalue weighted by Crippen LogP contribution is -2.36. The number of hydrogen-bond acceptors (Lipinski definition) is 4. The van der Waals surface area contributed by atoms with Gasteiger partial charge in [0.2, 0.25) is 11.8 Å². The molecule has 0 aliphatic rings. The Labute approximate surface area is 162 Å². The molecule has 2 N–H and O–H groups in total. The molecule has 0 radical (unpaired) electrons. The molecular formula is C21H23N3O2S. The fourth-order valence-electron chi connectivity index (χ4n) is 2.71. The van der Waals surface area contributed by atoms with Crippen molar-refractivity contribution in [3.05, 3.63) is 65.2 Å². The van der Waals surface area contributed by atoms with Crippen LogP contribution in [-0.2, 0) is 22.6 Å². The second-order valence-corrected chi connectivity index (χ2v) is 7.44. The maximum absolute atomic E-state index is 11.9. The highest BCUT2D eigenvalue weighted by Gasteiger charge is 2.07. The summed E-state index contributed by atoms with van der Waals surface area (Å²) in [7, 11) is 0. The number of nitrogens with zero attached hydrogens (tertiary/aromatic N) is 1. The van der Waals surface area contributed by atoms with Crippen LogP contribution in [0.25, 0.3) is 10.2 Å². The predicted molar refractivity (Wildman–Crippen MR) is 108 cm³/mol. The van der Waals surface area contributed by atoms with Gasteiger partial charge in [-0.15, -0.1) is 11.3 Å². The van der Waals surface area contributed by atoms with Crippen LogP contribution in [0.15, 0.2) is 54.6 Å². The number of hydrogen-bond donors (Lipinski definition) is 2. The number of unbranched alkanes of at least 4 members (excludes halogenated alkanes) is 1. The smallest absolute Gasteiger partial charge is 0.239 e. The van der Waals surface area contributed by atoms with E-state index in [0.717, 1.165) is 35.4 Å². The van der Waals surface area contributed by atoms with Crippen LogP contribution in [0.2, 0.25) is 0 Å². The Kier molecular flexibility index (Phi) is 6.93. The van der Waals surface area contributed by atoms with E-state index in [4.69, 9.17) is 0 Å². The number of thiazole rings is 1. The Morgan fingerprint density at radius 2 is 1.67 bits per heavy atom. The number of amides is 2. The van der Waals surface area contributed by atoms with Crippen LogP contribution in [0.5, 0.6) is 0 Å². The molecular weight excluding hydrogens is 358 g/mol. The molecule has 27 heavy (non-hydrogen) atoms. The monoisotopic (exact) mass is 381 g/mol. The van der Waals surface area contributed by atoms with Gasteiger partial charge in [-0.3, -0.25) is 9.59 Å². The summed E-state index contributed by atoms with van der Waals surface area (Å²) in [4.78, 5) is 28.3. The fraction of sp³-hybridized carbons (Fsp3) is 0.286. The molecule has 0 atom stereocenters. The van der Waals surface area contributed by atoms with Crippen molar-refractivity contribution in [1.82, 2.24) is 15.6 Å². The van der Waals surface area contributed by atoms with E-state index in [1.807, 2.05) is 48.5 Å². The van der Waals surface area contributed by atoms with E-state index in [1.54, 1.807) is 11.3 Å². The second-order valence-electron chi connectivity index (χ2n) is 6.32. The molecule has 0 saturated heterocycles. The van der Waals surface area contributed by atoms with Crippen molar-refractivity contribution < 1.29 is 9.59 Å². The maximum Gasteiger partial charge on any atom is 0.239 e. The van der Waals surface area contributed by atoms with Crippen molar-refractivity contribution in [3.8, 4) is 0 Å². The number of rotatable bonds is 9. The maximum atomic E-state index is 11.9. The number of nitrogens with one attached hydrogen (secondary N) is 2. The summed E-state index contributed by atoms with van der Waals surface area (Å²) in [5.41, 5.74) is 2.07. The Hall–Kier alpha value is -2.73. The number of carbonyl (C=O) groups is 2. The van der Waals surface area contributed by atoms with Gasteiger partial charge in [0.1, 0.15) is 0 Å². The molecule has 1 aromatic heterocycles. The summed E-state index contributed by atoms with van der Waals surface area (Å²) in [6.07, 6.45) is 3.00. The molecule has 0 unspecified atom stereocenters. The summed E-state index contributed by atoms with van der Waals surface area (Å²) in [6.45, 7) is 0.487. The molecule has 2 amide bonds. The van der Waals surface area contributed by atoms with Crippen molar-refractivity contribution in [1.29, 1.82) is 0 Å². The first-order valence-corrected chi connectivity index (χ1v) is 9.94. The number of benzene rings is 2. The Bertz CT molecular complexity index is 860. The minimum atomic E-state index is -0.179. The van der Waals surface area contributed by atoms with Gasteiger partial charge < -0.3 is 10.6 Å². The van der Waals surface area contributed by atoms with E-state index in [-0.39, 0.29) is 18.4 Å². The Balaban J connectivity index is 1.28. The lowest BCUT2D eigenvalue weighted by atomic mass is 10.2. The second kappa shape index (κ2) is 9.83. The Morgan fingerprint density at radius 1 is 0.889 bits per heavy atom. The molecule has 0 aliphatic heterocycles. The van der Waals surface area contributed by atoms with Gasteiger partial charge in [-0.25, -0.2) is 4.98 Å². The number of aryl methyl sites for hydroxylation is 1. The van der Waals surface area contributed by atoms with Gasteiger partial charge in [-0.1, -0.05) is 42.5 Å². The quantitative estimate of drug-likeness (QED) is 0.558. The first-order chi connectivity index (χ1) is 13.2. The van der Waals surface area contributed by atoms with Gasteiger partial charge in [0.05, 0.1) is 21.8 Å². The SMILES string of the molecule is O=C(CCCCc1nc2ccccc2s1)NCC(=O)NCc1ccccc1. The zero-order chi connectivity index (χ0) is 18.9. The highest BCUT2D eigenvalue weighted by Crippen LogP contribution is 2.22. The zero-order valence-electron chi connectivity index (χ0n) is 15.1. The molecule has 0 aliphatic carbocycles. The van der Waals surface area contributed by atoms with Crippen LogP contribution in [0.1, 0.15) is 29.8 Å². The lowest BCUT2D eigenvalue weighted by Gasteiger charge is -2.07. The van der Waals surface area contributed by atoms with Crippen LogP contribution >= 0.6 is 11.3 Å². The van der Waals surface area contributed by atoms with Crippen molar-refractivity contribution >= 4 is 33.4 Å². The van der Waals surface area contributed by atoms with E-state index in [0.29, 0.717) is 13.0 Å². The van der Waals surface area contributed by atoms with Gasteiger partial charge in [-0.05, 0) is 37.0 Å². The number of para-hydroxylation sites is 1. The molecule has 1 heterocycles. The molecule has 2 aromatic carbocycles. The average molecular weight is 382 g/mol. The van der Waals surface area contributed by atoms with Crippen molar-refractivity contribution in [2.45, 2.75) is 32.2 Å². The van der Waals surface area contributed by atoms with Gasteiger partial charge >= 0.3 is 0 Å². The van der Waals surface area contributed by atoms with Crippen LogP contribution in [-0.4, -0.2) is 23.3 Å². The third-order valence-corrected chi connectivity index (χ3v) is 5.26. The number of aromatic nitrogens is 1. The first kappa shape index (κ1) is 19.0. The minimum Gasteiger partial charge on any atom is -0.350 e. The van der Waals surface area contributed by atoms with Crippen molar-refractivity contribution in [2.75, 3.05) is 6.54 Å². The van der Waals surface area contributed by atoms with Gasteiger partial charge in [-0.2, -0.15) is 0 Å². The highest BCUT2D eigenvalue weighted by molar-refractivity contribution is 7.18. The van der Waals surface area contributed by atoms with Crippen molar-refractivity contribution in [2.24, 2.45) is 0 Å². The van der Waals surface area contributed by atoms with Crippen LogP contribution in [0, 0.1) is 0 Å². The van der Waals surface area contributed by atoms with Crippen LogP contribution in [0.4, 0.5) is 0 Å². The first-order valence-electron chi connectivity index (χ1n) is 9.12. The third kappa shape index (κ3) is 6.18. The predicted octanol–water partition coefficient (Wildman–Crippen LogP) is 3.44. The average Bonchev–Trinajstić information content (AvgIpc) is 3.12. The minimum absolute atomic E-state index is 0.0174. The number of fused-ring (bicyclic) bond motifs is 1. The molecule has 0 spiro atoms. The number of carbonyl (C=O) groups excluding carboxylic acids is 2. The third-order valence-electron chi connectivity index (χ3n) is 4.16. The van der Waals surface area contributed by atoms with Crippen molar-refractivity contribution in [3.63, 3.8) is 0 Å². The molecule has 0 bridgehead atoms. The summed E-state index contributed by atoms with van der Waals surface area (Å²) in [5.74, 6) is -0.268. The van der Waals surface area contributed by atoms with Crippen LogP contribution < -0.4 is 10.6 Å². The topological polar surface area (TPSA) is 71.1 Å². The van der Waals surface area contributed by atoms with Crippen LogP contribution in [0.3, 0.4) is 0 Å². The molecule has 0 saturated carbocycles. The fourth-order valence-corrected chi connectivity index (χ4v) is 3.72. The molecule has 3 aromatic rings. The molecule has 6 heteroatoms. The molecule has 3 rings (SSSR count). The molecule has 0 fully saturated rings. The van der Waals surface area contributed by atoms with E-state index in [9.17, 15) is 9.59 Å². The van der Waals surface area contributed by atoms with Gasteiger partial charge in [0.25, 0.3) is 0 Å². The van der Waals surface area contributed by atoms with E-state index >= 15 is 0 Å². The van der Waals surface area contributed by atoms with E-state index in [2.05, 4.69) is 21.7 Å². The largest absolute Gasteiger partial charge is 0.350 e. The summed E-state index contributed by atoms with van der Waals surface area (Å²) in [6, 6.07) is 17.8. The normalized spacial score (nSPS) is 10.7. The lowest BCUT2D eigenvalue weighted by molar-refractivity contribution is -0.126. The summed E-state index contributed by atoms with van der Waals surface area (Å²) >= 11 is 1.71. The van der Waals surface area contributed by atoms with E-state index < -0.39 is 0 Å². The molecule has 140 valence electrons. The molecule has 5 nitrogen and oxygen atoms in total. The Morgan fingerprint density at radius 3 is 2.48 bits per heavy atom. The highest BCUT2D eigenvalue weighted by atomic mass is 32.1. The van der Waals surface area contributed by atoms with Gasteiger partial charge in [0, 0.05) is 13.0 Å². The van der Waals surface area contributed by atoms with Gasteiger partial charge in [0.15, 0.2) is 0 Å². The standard InChI is InChI=1S/C21H23N3O2S/c25-19(23-15-20(26)22-14-16-8-2-1-3-9-16)12-6-7-13-21-24-17-10-4-5-11-18(17)27-21/h1-5,8-11H,6-7,12-15H2,(H,22,26)(H,23,25).